The number of ether oxygens (including phenoxy) is 1. The SMILES string of the molecule is CC(C)(C)OC(=O)N[C@@H](/C=C(/F)CCCN)C(=O)O. The molecule has 0 aliphatic heterocycles. The lowest BCUT2D eigenvalue weighted by Crippen LogP contribution is -2.42. The predicted octanol–water partition coefficient (Wildman–Crippen LogP) is 1.56. The van der Waals surface area contributed by atoms with Crippen molar-refractivity contribution in [1.82, 2.24) is 5.32 Å². The number of allylic oxidation sites excluding steroid dienone is 1. The first kappa shape index (κ1) is 17.4. The number of amides is 1. The first-order valence-corrected chi connectivity index (χ1v) is 5.94. The van der Waals surface area contributed by atoms with Gasteiger partial charge in [-0.1, -0.05) is 0 Å². The van der Waals surface area contributed by atoms with Crippen LogP contribution in [0, 0.1) is 0 Å². The van der Waals surface area contributed by atoms with Crippen molar-refractivity contribution in [2.45, 2.75) is 45.3 Å². The minimum atomic E-state index is -1.47. The highest BCUT2D eigenvalue weighted by Crippen LogP contribution is 2.09. The summed E-state index contributed by atoms with van der Waals surface area (Å²) in [4.78, 5) is 22.3. The third-order valence-corrected chi connectivity index (χ3v) is 1.91. The summed E-state index contributed by atoms with van der Waals surface area (Å²) in [5.74, 6) is -2.00. The van der Waals surface area contributed by atoms with E-state index in [1.807, 2.05) is 0 Å². The van der Waals surface area contributed by atoms with Gasteiger partial charge in [-0.15, -0.1) is 0 Å². The average Bonchev–Trinajstić information content (AvgIpc) is 2.22. The zero-order valence-corrected chi connectivity index (χ0v) is 11.4. The molecular weight excluding hydrogens is 255 g/mol. The van der Waals surface area contributed by atoms with E-state index < -0.39 is 29.5 Å². The molecule has 0 bridgehead atoms. The standard InChI is InChI=1S/C12H21FN2O4/c1-12(2,3)19-11(18)15-9(10(16)17)7-8(13)5-4-6-14/h7,9H,4-6,14H2,1-3H3,(H,15,18)(H,16,17)/b8-7+/t9-/m0/s1. The van der Waals surface area contributed by atoms with Gasteiger partial charge in [-0.25, -0.2) is 14.0 Å². The second-order valence-electron chi connectivity index (χ2n) is 4.97. The topological polar surface area (TPSA) is 102 Å². The molecule has 0 aromatic heterocycles. The van der Waals surface area contributed by atoms with Crippen molar-refractivity contribution < 1.29 is 23.8 Å². The summed E-state index contributed by atoms with van der Waals surface area (Å²) in [6.45, 7) is 5.22. The van der Waals surface area contributed by atoms with Crippen LogP contribution in [-0.4, -0.2) is 35.4 Å². The molecule has 1 atom stereocenters. The van der Waals surface area contributed by atoms with Crippen LogP contribution >= 0.6 is 0 Å². The van der Waals surface area contributed by atoms with E-state index in [-0.39, 0.29) is 6.42 Å². The van der Waals surface area contributed by atoms with Crippen molar-refractivity contribution >= 4 is 12.1 Å². The normalized spacial score (nSPS) is 13.8. The van der Waals surface area contributed by atoms with Gasteiger partial charge in [0, 0.05) is 6.42 Å². The molecule has 6 nitrogen and oxygen atoms in total. The Balaban J connectivity index is 4.58. The maximum absolute atomic E-state index is 13.3. The number of carboxylic acids is 1. The lowest BCUT2D eigenvalue weighted by molar-refractivity contribution is -0.138. The average molecular weight is 276 g/mol. The number of alkyl carbamates (subject to hydrolysis) is 1. The van der Waals surface area contributed by atoms with E-state index in [9.17, 15) is 14.0 Å². The van der Waals surface area contributed by atoms with Crippen LogP contribution in [0.3, 0.4) is 0 Å². The number of carbonyl (C=O) groups is 2. The summed E-state index contributed by atoms with van der Waals surface area (Å²) in [5, 5.41) is 11.0. The summed E-state index contributed by atoms with van der Waals surface area (Å²) in [6.07, 6.45) is 0.363. The Hall–Kier alpha value is -1.63. The van der Waals surface area contributed by atoms with Gasteiger partial charge in [0.15, 0.2) is 6.04 Å². The minimum absolute atomic E-state index is 0.0380. The van der Waals surface area contributed by atoms with Crippen molar-refractivity contribution in [1.29, 1.82) is 0 Å². The van der Waals surface area contributed by atoms with E-state index in [4.69, 9.17) is 15.6 Å². The molecule has 0 saturated carbocycles. The van der Waals surface area contributed by atoms with E-state index in [1.165, 1.54) is 0 Å². The monoisotopic (exact) mass is 276 g/mol. The van der Waals surface area contributed by atoms with Gasteiger partial charge in [-0.3, -0.25) is 0 Å². The third-order valence-electron chi connectivity index (χ3n) is 1.91. The van der Waals surface area contributed by atoms with E-state index in [0.717, 1.165) is 6.08 Å². The number of nitrogens with two attached hydrogens (primary N) is 1. The molecule has 4 N–H and O–H groups in total. The van der Waals surface area contributed by atoms with Crippen LogP contribution in [-0.2, 0) is 9.53 Å². The van der Waals surface area contributed by atoms with Gasteiger partial charge in [0.05, 0.1) is 5.83 Å². The number of hydrogen-bond donors (Lipinski definition) is 3. The first-order chi connectivity index (χ1) is 8.65. The third kappa shape index (κ3) is 9.01. The lowest BCUT2D eigenvalue weighted by Gasteiger charge is -2.21. The number of hydrogen-bond acceptors (Lipinski definition) is 4. The summed E-state index contributed by atoms with van der Waals surface area (Å²) >= 11 is 0. The Bertz CT molecular complexity index is 350. The fourth-order valence-corrected chi connectivity index (χ4v) is 1.14. The van der Waals surface area contributed by atoms with Crippen molar-refractivity contribution in [3.8, 4) is 0 Å². The number of rotatable bonds is 6. The molecule has 0 aliphatic rings. The Morgan fingerprint density at radius 1 is 1.47 bits per heavy atom. The molecule has 0 aliphatic carbocycles. The maximum Gasteiger partial charge on any atom is 0.408 e. The van der Waals surface area contributed by atoms with Crippen LogP contribution in [0.4, 0.5) is 9.18 Å². The predicted molar refractivity (Wildman–Crippen MR) is 68.3 cm³/mol. The van der Waals surface area contributed by atoms with Crippen molar-refractivity contribution in [3.63, 3.8) is 0 Å². The highest BCUT2D eigenvalue weighted by Gasteiger charge is 2.22. The molecule has 0 unspecified atom stereocenters. The van der Waals surface area contributed by atoms with Crippen LogP contribution in [0.5, 0.6) is 0 Å². The highest BCUT2D eigenvalue weighted by atomic mass is 19.1. The molecule has 7 heteroatoms. The van der Waals surface area contributed by atoms with E-state index in [0.29, 0.717) is 13.0 Å². The van der Waals surface area contributed by atoms with Gasteiger partial charge in [0.25, 0.3) is 0 Å². The molecule has 110 valence electrons. The Labute approximate surface area is 111 Å². The molecule has 0 spiro atoms. The fourth-order valence-electron chi connectivity index (χ4n) is 1.14. The number of carbonyl (C=O) groups excluding carboxylic acids is 1. The van der Waals surface area contributed by atoms with E-state index in [2.05, 4.69) is 5.32 Å². The molecule has 0 aromatic carbocycles. The van der Waals surface area contributed by atoms with Crippen LogP contribution < -0.4 is 11.1 Å². The first-order valence-electron chi connectivity index (χ1n) is 5.94. The van der Waals surface area contributed by atoms with Gasteiger partial charge >= 0.3 is 12.1 Å². The smallest absolute Gasteiger partial charge is 0.408 e. The highest BCUT2D eigenvalue weighted by molar-refractivity contribution is 5.81. The summed E-state index contributed by atoms with van der Waals surface area (Å²) in [7, 11) is 0. The molecule has 0 fully saturated rings. The van der Waals surface area contributed by atoms with Crippen molar-refractivity contribution in [3.05, 3.63) is 11.9 Å². The Morgan fingerprint density at radius 3 is 2.47 bits per heavy atom. The number of carboxylic acid groups (broad SMARTS) is 1. The van der Waals surface area contributed by atoms with Gasteiger partial charge in [-0.2, -0.15) is 0 Å². The molecule has 19 heavy (non-hydrogen) atoms. The molecular formula is C12H21FN2O4. The Kier molecular flexibility index (Phi) is 7.06. The van der Waals surface area contributed by atoms with Crippen LogP contribution in [0.25, 0.3) is 0 Å². The van der Waals surface area contributed by atoms with E-state index in [1.54, 1.807) is 20.8 Å². The minimum Gasteiger partial charge on any atom is -0.479 e. The molecule has 0 saturated heterocycles. The van der Waals surface area contributed by atoms with Gasteiger partial charge in [0.1, 0.15) is 5.60 Å². The zero-order chi connectivity index (χ0) is 15.1. The van der Waals surface area contributed by atoms with Gasteiger partial charge in [0.2, 0.25) is 0 Å². The maximum atomic E-state index is 13.3. The number of aliphatic carboxylic acids is 1. The molecule has 0 rings (SSSR count). The second kappa shape index (κ2) is 7.73. The van der Waals surface area contributed by atoms with Crippen LogP contribution in [0.1, 0.15) is 33.6 Å². The number of nitrogens with one attached hydrogen (secondary N) is 1. The fraction of sp³-hybridized carbons (Fsp3) is 0.667. The zero-order valence-electron chi connectivity index (χ0n) is 11.4. The lowest BCUT2D eigenvalue weighted by atomic mass is 10.2. The van der Waals surface area contributed by atoms with Crippen molar-refractivity contribution in [2.75, 3.05) is 6.54 Å². The molecule has 0 aromatic rings. The Morgan fingerprint density at radius 2 is 2.05 bits per heavy atom. The second-order valence-corrected chi connectivity index (χ2v) is 4.97. The van der Waals surface area contributed by atoms with Gasteiger partial charge in [-0.05, 0) is 39.8 Å². The van der Waals surface area contributed by atoms with Crippen LogP contribution in [0.15, 0.2) is 11.9 Å². The van der Waals surface area contributed by atoms with Crippen molar-refractivity contribution in [2.24, 2.45) is 5.73 Å². The summed E-state index contributed by atoms with van der Waals surface area (Å²) in [6, 6.07) is -1.47. The molecule has 0 radical (unpaired) electrons. The largest absolute Gasteiger partial charge is 0.479 e. The molecule has 1 amide bonds. The number of halogens is 1. The van der Waals surface area contributed by atoms with Crippen LogP contribution in [0.2, 0.25) is 0 Å². The quantitative estimate of drug-likeness (QED) is 0.683. The van der Waals surface area contributed by atoms with E-state index >= 15 is 0 Å². The van der Waals surface area contributed by atoms with Gasteiger partial charge < -0.3 is 20.9 Å². The summed E-state index contributed by atoms with van der Waals surface area (Å²) in [5.41, 5.74) is 4.46. The molecule has 0 heterocycles. The summed E-state index contributed by atoms with van der Waals surface area (Å²) < 4.78 is 18.2.